The monoisotopic (exact) mass is 266 g/mol. The highest BCUT2D eigenvalue weighted by atomic mass is 35.5. The van der Waals surface area contributed by atoms with Crippen LogP contribution in [0.3, 0.4) is 0 Å². The molecule has 0 amide bonds. The lowest BCUT2D eigenvalue weighted by Crippen LogP contribution is -2.22. The molecule has 0 spiro atoms. The molecule has 100 valence electrons. The maximum atomic E-state index is 6.25. The standard InChI is InChI=1S/C15H23ClN2/c1-2-18-15(8-7-12-5-3-4-6-12)13-9-10-17-11-14(13)16/h9-12,15,18H,2-8H2,1H3. The van der Waals surface area contributed by atoms with Crippen molar-refractivity contribution in [1.82, 2.24) is 10.3 Å². The molecule has 1 aromatic heterocycles. The van der Waals surface area contributed by atoms with E-state index in [0.717, 1.165) is 17.5 Å². The molecule has 1 unspecified atom stereocenters. The molecule has 18 heavy (non-hydrogen) atoms. The Kier molecular flexibility index (Phi) is 5.45. The van der Waals surface area contributed by atoms with E-state index in [1.165, 1.54) is 44.1 Å². The van der Waals surface area contributed by atoms with Crippen molar-refractivity contribution < 1.29 is 0 Å². The van der Waals surface area contributed by atoms with Gasteiger partial charge in [-0.2, -0.15) is 0 Å². The molecule has 1 saturated carbocycles. The number of nitrogens with one attached hydrogen (secondary N) is 1. The van der Waals surface area contributed by atoms with Gasteiger partial charge >= 0.3 is 0 Å². The minimum atomic E-state index is 0.381. The largest absolute Gasteiger partial charge is 0.310 e. The van der Waals surface area contributed by atoms with Gasteiger partial charge < -0.3 is 5.32 Å². The van der Waals surface area contributed by atoms with E-state index in [-0.39, 0.29) is 0 Å². The summed E-state index contributed by atoms with van der Waals surface area (Å²) in [5.74, 6) is 0.937. The summed E-state index contributed by atoms with van der Waals surface area (Å²) in [5, 5.41) is 4.34. The van der Waals surface area contributed by atoms with Crippen molar-refractivity contribution in [2.24, 2.45) is 5.92 Å². The van der Waals surface area contributed by atoms with Crippen LogP contribution in [0.4, 0.5) is 0 Å². The van der Waals surface area contributed by atoms with Gasteiger partial charge in [-0.15, -0.1) is 0 Å². The third-order valence-electron chi connectivity index (χ3n) is 3.97. The maximum absolute atomic E-state index is 6.25. The average Bonchev–Trinajstić information content (AvgIpc) is 2.88. The van der Waals surface area contributed by atoms with E-state index in [4.69, 9.17) is 11.6 Å². The number of nitrogens with zero attached hydrogens (tertiary/aromatic N) is 1. The minimum absolute atomic E-state index is 0.381. The lowest BCUT2D eigenvalue weighted by Gasteiger charge is -2.21. The molecule has 2 rings (SSSR count). The van der Waals surface area contributed by atoms with E-state index in [1.807, 2.05) is 12.3 Å². The number of rotatable bonds is 6. The van der Waals surface area contributed by atoms with Crippen molar-refractivity contribution in [2.75, 3.05) is 6.54 Å². The van der Waals surface area contributed by atoms with Crippen LogP contribution in [-0.2, 0) is 0 Å². The molecule has 0 aliphatic heterocycles. The van der Waals surface area contributed by atoms with Crippen molar-refractivity contribution in [1.29, 1.82) is 0 Å². The second kappa shape index (κ2) is 7.10. The van der Waals surface area contributed by atoms with Gasteiger partial charge in [-0.25, -0.2) is 0 Å². The van der Waals surface area contributed by atoms with Crippen LogP contribution in [0.15, 0.2) is 18.5 Å². The predicted octanol–water partition coefficient (Wildman–Crippen LogP) is 4.36. The Balaban J connectivity index is 1.96. The zero-order valence-corrected chi connectivity index (χ0v) is 11.9. The first-order chi connectivity index (χ1) is 8.81. The zero-order valence-electron chi connectivity index (χ0n) is 11.2. The van der Waals surface area contributed by atoms with E-state index in [0.29, 0.717) is 6.04 Å². The summed E-state index contributed by atoms with van der Waals surface area (Å²) in [6, 6.07) is 2.43. The Morgan fingerprint density at radius 3 is 2.89 bits per heavy atom. The van der Waals surface area contributed by atoms with Gasteiger partial charge in [0.05, 0.1) is 5.02 Å². The Morgan fingerprint density at radius 1 is 1.44 bits per heavy atom. The van der Waals surface area contributed by atoms with E-state index < -0.39 is 0 Å². The van der Waals surface area contributed by atoms with Gasteiger partial charge in [0.1, 0.15) is 0 Å². The smallest absolute Gasteiger partial charge is 0.0637 e. The first-order valence-corrected chi connectivity index (χ1v) is 7.52. The molecule has 0 saturated heterocycles. The molecule has 2 nitrogen and oxygen atoms in total. The van der Waals surface area contributed by atoms with Crippen molar-refractivity contribution >= 4 is 11.6 Å². The fourth-order valence-electron chi connectivity index (χ4n) is 2.98. The Labute approximate surface area is 115 Å². The number of aromatic nitrogens is 1. The molecule has 1 aliphatic carbocycles. The van der Waals surface area contributed by atoms with Crippen LogP contribution >= 0.6 is 11.6 Å². The van der Waals surface area contributed by atoms with E-state index in [1.54, 1.807) is 6.20 Å². The molecule has 1 aliphatic rings. The molecule has 3 heteroatoms. The van der Waals surface area contributed by atoms with Gasteiger partial charge in [0.2, 0.25) is 0 Å². The SMILES string of the molecule is CCNC(CCC1CCCC1)c1ccncc1Cl. The fraction of sp³-hybridized carbons (Fsp3) is 0.667. The summed E-state index contributed by atoms with van der Waals surface area (Å²) in [4.78, 5) is 4.07. The maximum Gasteiger partial charge on any atom is 0.0637 e. The van der Waals surface area contributed by atoms with Gasteiger partial charge in [-0.3, -0.25) is 4.98 Å². The quantitative estimate of drug-likeness (QED) is 0.828. The van der Waals surface area contributed by atoms with Crippen molar-refractivity contribution in [2.45, 2.75) is 51.5 Å². The lowest BCUT2D eigenvalue weighted by molar-refractivity contribution is 0.417. The molecule has 0 radical (unpaired) electrons. The Morgan fingerprint density at radius 2 is 2.22 bits per heavy atom. The molecule has 1 fully saturated rings. The van der Waals surface area contributed by atoms with Crippen LogP contribution in [0.2, 0.25) is 5.02 Å². The highest BCUT2D eigenvalue weighted by molar-refractivity contribution is 6.31. The molecule has 1 N–H and O–H groups in total. The summed E-state index contributed by atoms with van der Waals surface area (Å²) in [7, 11) is 0. The van der Waals surface area contributed by atoms with Crippen LogP contribution in [0.25, 0.3) is 0 Å². The van der Waals surface area contributed by atoms with Crippen molar-refractivity contribution in [3.63, 3.8) is 0 Å². The summed E-state index contributed by atoms with van der Waals surface area (Å²) in [5.41, 5.74) is 1.20. The molecular formula is C15H23ClN2. The zero-order chi connectivity index (χ0) is 12.8. The highest BCUT2D eigenvalue weighted by Crippen LogP contribution is 2.32. The number of halogens is 1. The van der Waals surface area contributed by atoms with Crippen molar-refractivity contribution in [3.05, 3.63) is 29.0 Å². The first kappa shape index (κ1) is 13.8. The summed E-state index contributed by atoms with van der Waals surface area (Å²) in [6.45, 7) is 3.13. The van der Waals surface area contributed by atoms with E-state index >= 15 is 0 Å². The van der Waals surface area contributed by atoms with E-state index in [9.17, 15) is 0 Å². The lowest BCUT2D eigenvalue weighted by atomic mass is 9.95. The van der Waals surface area contributed by atoms with Crippen molar-refractivity contribution in [3.8, 4) is 0 Å². The fourth-order valence-corrected chi connectivity index (χ4v) is 3.23. The van der Waals surface area contributed by atoms with Gasteiger partial charge in [0, 0.05) is 18.4 Å². The van der Waals surface area contributed by atoms with Gasteiger partial charge in [0.25, 0.3) is 0 Å². The third-order valence-corrected chi connectivity index (χ3v) is 4.28. The van der Waals surface area contributed by atoms with E-state index in [2.05, 4.69) is 17.2 Å². The Hall–Kier alpha value is -0.600. The molecule has 0 bridgehead atoms. The second-order valence-electron chi connectivity index (χ2n) is 5.24. The molecule has 1 heterocycles. The van der Waals surface area contributed by atoms with Gasteiger partial charge in [-0.1, -0.05) is 44.2 Å². The Bertz CT molecular complexity index is 361. The van der Waals surface area contributed by atoms with Gasteiger partial charge in [-0.05, 0) is 36.9 Å². The number of hydrogen-bond donors (Lipinski definition) is 1. The number of hydrogen-bond acceptors (Lipinski definition) is 2. The van der Waals surface area contributed by atoms with Crippen LogP contribution in [0.5, 0.6) is 0 Å². The third kappa shape index (κ3) is 3.69. The molecule has 1 atom stereocenters. The average molecular weight is 267 g/mol. The van der Waals surface area contributed by atoms with Crippen LogP contribution in [0, 0.1) is 5.92 Å². The van der Waals surface area contributed by atoms with Crippen LogP contribution < -0.4 is 5.32 Å². The van der Waals surface area contributed by atoms with Crippen LogP contribution in [-0.4, -0.2) is 11.5 Å². The highest BCUT2D eigenvalue weighted by Gasteiger charge is 2.19. The first-order valence-electron chi connectivity index (χ1n) is 7.14. The molecule has 1 aromatic rings. The topological polar surface area (TPSA) is 24.9 Å². The predicted molar refractivity (Wildman–Crippen MR) is 76.9 cm³/mol. The summed E-state index contributed by atoms with van der Waals surface area (Å²) >= 11 is 6.25. The molecule has 0 aromatic carbocycles. The normalized spacial score (nSPS) is 18.1. The number of pyridine rings is 1. The second-order valence-corrected chi connectivity index (χ2v) is 5.64. The minimum Gasteiger partial charge on any atom is -0.310 e. The molecular weight excluding hydrogens is 244 g/mol. The summed E-state index contributed by atoms with van der Waals surface area (Å²) < 4.78 is 0. The van der Waals surface area contributed by atoms with Gasteiger partial charge in [0.15, 0.2) is 0 Å². The van der Waals surface area contributed by atoms with Crippen LogP contribution in [0.1, 0.15) is 57.1 Å². The summed E-state index contributed by atoms with van der Waals surface area (Å²) in [6.07, 6.45) is 11.8.